The van der Waals surface area contributed by atoms with E-state index in [1.54, 1.807) is 17.9 Å². The number of rotatable bonds is 14. The first kappa shape index (κ1) is 41.9. The highest BCUT2D eigenvalue weighted by Crippen LogP contribution is 2.33. The van der Waals surface area contributed by atoms with Crippen molar-refractivity contribution in [1.82, 2.24) is 10.2 Å². The average molecular weight is 691 g/mol. The molecule has 0 spiro atoms. The number of Topliss-reactive ketones (excluding diaryl/α,β-unsaturated/α-hetero) is 1. The summed E-state index contributed by atoms with van der Waals surface area (Å²) in [7, 11) is 0. The summed E-state index contributed by atoms with van der Waals surface area (Å²) in [5.74, 6) is 1.79. The zero-order chi connectivity index (χ0) is 34.3. The average Bonchev–Trinajstić information content (AvgIpc) is 2.93. The van der Waals surface area contributed by atoms with E-state index < -0.39 is 31.0 Å². The van der Waals surface area contributed by atoms with Crippen LogP contribution in [0.4, 0.5) is 0 Å². The van der Waals surface area contributed by atoms with Crippen molar-refractivity contribution in [2.24, 2.45) is 11.8 Å². The third-order valence-electron chi connectivity index (χ3n) is 9.58. The maximum Gasteiger partial charge on any atom is 0.482 e. The first-order chi connectivity index (χ1) is 21.7. The van der Waals surface area contributed by atoms with Gasteiger partial charge < -0.3 is 0 Å². The van der Waals surface area contributed by atoms with E-state index in [4.69, 9.17) is 0 Å². The normalized spacial score (nSPS) is 21.1. The third kappa shape index (κ3) is 12.8. The first-order valence-corrected chi connectivity index (χ1v) is 16.4. The molecule has 1 atom stereocenters. The molecule has 17 heteroatoms. The fourth-order valence-electron chi connectivity index (χ4n) is 6.54. The number of allylic oxidation sites excluding steroid dienone is 2. The number of hydrogen-bond acceptors (Lipinski definition) is 12. The second-order valence-corrected chi connectivity index (χ2v) is 13.2. The molecule has 0 radical (unpaired) electrons. The Bertz CT molecular complexity index is 1070. The number of carbonyl (C=O) groups is 2. The Balaban J connectivity index is 0.000000388. The highest BCUT2D eigenvalue weighted by molar-refractivity contribution is 5.87. The Morgan fingerprint density at radius 3 is 1.55 bits per heavy atom. The Hall–Kier alpha value is -3.11. The summed E-state index contributed by atoms with van der Waals surface area (Å²) < 4.78 is 0. The smallest absolute Gasteiger partial charge is 0.300 e. The van der Waals surface area contributed by atoms with Crippen molar-refractivity contribution in [3.63, 3.8) is 0 Å². The van der Waals surface area contributed by atoms with Crippen LogP contribution in [-0.2, 0) is 9.59 Å². The zero-order valence-corrected chi connectivity index (χ0v) is 28.4. The van der Waals surface area contributed by atoms with Gasteiger partial charge >= 0.3 is 11.3 Å². The van der Waals surface area contributed by atoms with Gasteiger partial charge in [-0.05, 0) is 57.4 Å². The highest BCUT2D eigenvalue weighted by atomic mass is 35.5. The van der Waals surface area contributed by atoms with E-state index in [0.29, 0.717) is 12.3 Å². The summed E-state index contributed by atoms with van der Waals surface area (Å²) in [5, 5.41) is 44.6. The number of nitro groups is 4. The van der Waals surface area contributed by atoms with E-state index >= 15 is 0 Å². The molecule has 2 heterocycles. The molecule has 16 nitrogen and oxygen atoms in total. The largest absolute Gasteiger partial charge is 0.482 e. The van der Waals surface area contributed by atoms with Crippen LogP contribution in [-0.4, -0.2) is 79.7 Å². The molecule has 0 bridgehead atoms. The number of nitrogens with zero attached hydrogens (tertiary/aromatic N) is 5. The van der Waals surface area contributed by atoms with Crippen LogP contribution in [0, 0.1) is 52.3 Å². The molecule has 47 heavy (non-hydrogen) atoms. The second-order valence-electron chi connectivity index (χ2n) is 13.2. The molecule has 2 saturated heterocycles. The Morgan fingerprint density at radius 2 is 1.21 bits per heavy atom. The summed E-state index contributed by atoms with van der Waals surface area (Å²) >= 11 is 0. The van der Waals surface area contributed by atoms with Gasteiger partial charge in [-0.25, -0.2) is 0 Å². The molecule has 1 unspecified atom stereocenters. The van der Waals surface area contributed by atoms with Gasteiger partial charge in [0.2, 0.25) is 0 Å². The minimum atomic E-state index is -2.08. The van der Waals surface area contributed by atoms with Crippen LogP contribution in [0.25, 0.3) is 0 Å². The summed E-state index contributed by atoms with van der Waals surface area (Å²) in [6, 6.07) is -0.109. The minimum absolute atomic E-state index is 0. The quantitative estimate of drug-likeness (QED) is 0.110. The molecule has 2 aliphatic carbocycles. The minimum Gasteiger partial charge on any atom is -0.300 e. The van der Waals surface area contributed by atoms with Gasteiger partial charge in [0.25, 0.3) is 0 Å². The summed E-state index contributed by atoms with van der Waals surface area (Å²) in [4.78, 5) is 62.7. The Kier molecular flexibility index (Phi) is 18.1. The van der Waals surface area contributed by atoms with E-state index in [2.05, 4.69) is 5.32 Å². The van der Waals surface area contributed by atoms with Gasteiger partial charge in [0.15, 0.2) is 5.78 Å². The van der Waals surface area contributed by atoms with E-state index in [0.717, 1.165) is 25.2 Å². The number of nitrogens with one attached hydrogen (secondary N) is 1. The van der Waals surface area contributed by atoms with Gasteiger partial charge in [-0.15, -0.1) is 12.4 Å². The zero-order valence-electron chi connectivity index (χ0n) is 27.5. The molecular weight excluding hydrogens is 640 g/mol. The van der Waals surface area contributed by atoms with E-state index in [9.17, 15) is 50.0 Å². The molecule has 0 aromatic heterocycles. The van der Waals surface area contributed by atoms with Crippen LogP contribution in [0.3, 0.4) is 0 Å². The molecule has 4 aliphatic rings. The number of ketones is 2. The van der Waals surface area contributed by atoms with Gasteiger partial charge in [0, 0.05) is 12.5 Å². The lowest BCUT2D eigenvalue weighted by molar-refractivity contribution is -0.811. The van der Waals surface area contributed by atoms with Gasteiger partial charge in [-0.1, -0.05) is 70.3 Å². The van der Waals surface area contributed by atoms with E-state index in [-0.39, 0.29) is 56.2 Å². The number of hydrogen-bond donors (Lipinski definition) is 1. The number of halogens is 1. The van der Waals surface area contributed by atoms with Crippen LogP contribution in [0.15, 0.2) is 12.2 Å². The second kappa shape index (κ2) is 20.3. The summed E-state index contributed by atoms with van der Waals surface area (Å²) in [6.45, 7) is 2.37. The van der Waals surface area contributed by atoms with Crippen molar-refractivity contribution in [1.29, 1.82) is 0 Å². The summed E-state index contributed by atoms with van der Waals surface area (Å²) in [6.07, 6.45) is 21.5. The molecule has 0 aromatic rings. The van der Waals surface area contributed by atoms with Crippen LogP contribution in [0.2, 0.25) is 0 Å². The molecule has 1 N–H and O–H groups in total. The number of carbonyl (C=O) groups excluding carboxylic acids is 2. The predicted molar refractivity (Wildman–Crippen MR) is 176 cm³/mol. The van der Waals surface area contributed by atoms with Crippen LogP contribution < -0.4 is 5.32 Å². The Labute approximate surface area is 281 Å². The van der Waals surface area contributed by atoms with Crippen molar-refractivity contribution in [3.05, 3.63) is 52.6 Å². The molecule has 2 saturated carbocycles. The molecule has 4 rings (SSSR count). The molecule has 268 valence electrons. The monoisotopic (exact) mass is 690 g/mol. The molecular formula is C30H51ClN6O10. The van der Waals surface area contributed by atoms with Crippen molar-refractivity contribution in [3.8, 4) is 0 Å². The predicted octanol–water partition coefficient (Wildman–Crippen LogP) is 5.01. The van der Waals surface area contributed by atoms with Crippen molar-refractivity contribution >= 4 is 24.0 Å². The molecule has 0 amide bonds. The maximum absolute atomic E-state index is 11.5. The van der Waals surface area contributed by atoms with Gasteiger partial charge in [0.05, 0.1) is 0 Å². The fourth-order valence-corrected chi connectivity index (χ4v) is 6.54. The lowest BCUT2D eigenvalue weighted by atomic mass is 9.84. The lowest BCUT2D eigenvalue weighted by Gasteiger charge is -2.41. The summed E-state index contributed by atoms with van der Waals surface area (Å²) in [5.41, 5.74) is -4.03. The molecule has 4 fully saturated rings. The lowest BCUT2D eigenvalue weighted by Crippen LogP contribution is -2.72. The van der Waals surface area contributed by atoms with Crippen molar-refractivity contribution in [2.75, 3.05) is 26.2 Å². The first-order valence-electron chi connectivity index (χ1n) is 16.4. The standard InChI is InChI=1S/C15H25N3O5.C12H20O.C3H5N3O4.ClH/c1-12(19)9-14(8-7-13-5-3-2-4-6-13)16-10-15(11-16,17(20)21)18(22)23;1-11(13)7-5-6-10-12-8-3-2-4-9-12;7-5(8)3(6(9)10)1-4-2-3;/h13-14H,2-11H2,1H3;5,7,12H,2-4,6,8-10H2,1H3;4H,1-2H2;1H/b;7-5+;;. The fraction of sp³-hybridized carbons (Fsp3) is 0.867. The SMILES string of the molecule is CC(=O)/C=C/CCC1CCCCC1.CC(=O)CC(CCC1CCCCC1)N1CC([N+](=O)[O-])([N+](=O)[O-])C1.Cl.O=[N+]([O-])C1([N+](=O)[O-])CNC1. The third-order valence-corrected chi connectivity index (χ3v) is 9.58. The van der Waals surface area contributed by atoms with E-state index in [1.165, 1.54) is 77.6 Å². The van der Waals surface area contributed by atoms with Gasteiger partial charge in [0.1, 0.15) is 51.7 Å². The van der Waals surface area contributed by atoms with Crippen LogP contribution >= 0.6 is 12.4 Å². The maximum atomic E-state index is 11.5. The van der Waals surface area contributed by atoms with Gasteiger partial charge in [-0.3, -0.25) is 60.3 Å². The highest BCUT2D eigenvalue weighted by Gasteiger charge is 2.67. The van der Waals surface area contributed by atoms with Crippen molar-refractivity contribution in [2.45, 2.75) is 128 Å². The topological polar surface area (TPSA) is 222 Å². The Morgan fingerprint density at radius 1 is 0.766 bits per heavy atom. The van der Waals surface area contributed by atoms with E-state index in [1.807, 2.05) is 6.08 Å². The number of likely N-dealkylation sites (tertiary alicyclic amines) is 1. The van der Waals surface area contributed by atoms with Crippen molar-refractivity contribution < 1.29 is 29.3 Å². The molecule has 0 aromatic carbocycles. The van der Waals surface area contributed by atoms with Crippen LogP contribution in [0.1, 0.15) is 110 Å². The molecule has 2 aliphatic heterocycles. The van der Waals surface area contributed by atoms with Crippen LogP contribution in [0.5, 0.6) is 0 Å². The van der Waals surface area contributed by atoms with Gasteiger partial charge in [-0.2, -0.15) is 0 Å².